The topological polar surface area (TPSA) is 98.0 Å². The van der Waals surface area contributed by atoms with E-state index in [4.69, 9.17) is 5.11 Å². The fourth-order valence-electron chi connectivity index (χ4n) is 1.72. The van der Waals surface area contributed by atoms with Crippen molar-refractivity contribution >= 4 is 5.97 Å². The number of phenolic OH excluding ortho intramolecular Hbond substituents is 3. The van der Waals surface area contributed by atoms with Gasteiger partial charge in [-0.25, -0.2) is 9.18 Å². The van der Waals surface area contributed by atoms with Crippen LogP contribution in [0.3, 0.4) is 0 Å². The zero-order chi connectivity index (χ0) is 14.2. The number of carbonyl (C=O) groups is 1. The lowest BCUT2D eigenvalue weighted by Crippen LogP contribution is -2.00. The second kappa shape index (κ2) is 4.49. The van der Waals surface area contributed by atoms with Gasteiger partial charge in [-0.1, -0.05) is 12.1 Å². The van der Waals surface area contributed by atoms with Crippen LogP contribution in [0.4, 0.5) is 4.39 Å². The van der Waals surface area contributed by atoms with E-state index in [9.17, 15) is 24.5 Å². The van der Waals surface area contributed by atoms with E-state index >= 15 is 0 Å². The third-order valence-corrected chi connectivity index (χ3v) is 2.62. The SMILES string of the molecule is O=C(O)c1cc(O)c(O)c(O)c1-c1ccc(F)cc1. The maximum absolute atomic E-state index is 12.8. The van der Waals surface area contributed by atoms with E-state index in [1.54, 1.807) is 0 Å². The van der Waals surface area contributed by atoms with Crippen LogP contribution in [0.1, 0.15) is 10.4 Å². The average Bonchev–Trinajstić information content (AvgIpc) is 2.37. The first kappa shape index (κ1) is 12.7. The Balaban J connectivity index is 2.77. The molecule has 6 heteroatoms. The van der Waals surface area contributed by atoms with Crippen molar-refractivity contribution in [1.29, 1.82) is 0 Å². The maximum Gasteiger partial charge on any atom is 0.336 e. The van der Waals surface area contributed by atoms with Crippen molar-refractivity contribution in [3.63, 3.8) is 0 Å². The highest BCUT2D eigenvalue weighted by molar-refractivity contribution is 5.99. The fraction of sp³-hybridized carbons (Fsp3) is 0. The van der Waals surface area contributed by atoms with Crippen molar-refractivity contribution in [2.45, 2.75) is 0 Å². The molecule has 0 radical (unpaired) electrons. The molecule has 2 aromatic rings. The van der Waals surface area contributed by atoms with Crippen molar-refractivity contribution in [3.8, 4) is 28.4 Å². The molecule has 0 aliphatic rings. The molecule has 0 amide bonds. The summed E-state index contributed by atoms with van der Waals surface area (Å²) in [6.45, 7) is 0. The zero-order valence-electron chi connectivity index (χ0n) is 9.46. The minimum Gasteiger partial charge on any atom is -0.504 e. The van der Waals surface area contributed by atoms with E-state index in [2.05, 4.69) is 0 Å². The van der Waals surface area contributed by atoms with E-state index in [1.807, 2.05) is 0 Å². The number of rotatable bonds is 2. The van der Waals surface area contributed by atoms with Crippen LogP contribution in [0, 0.1) is 5.82 Å². The second-order valence-corrected chi connectivity index (χ2v) is 3.83. The molecule has 0 saturated heterocycles. The molecule has 2 aromatic carbocycles. The van der Waals surface area contributed by atoms with E-state index in [0.717, 1.165) is 18.2 Å². The average molecular weight is 264 g/mol. The third-order valence-electron chi connectivity index (χ3n) is 2.62. The molecule has 0 spiro atoms. The van der Waals surface area contributed by atoms with Crippen LogP contribution >= 0.6 is 0 Å². The summed E-state index contributed by atoms with van der Waals surface area (Å²) in [6.07, 6.45) is 0. The summed E-state index contributed by atoms with van der Waals surface area (Å²) >= 11 is 0. The first-order valence-electron chi connectivity index (χ1n) is 5.19. The lowest BCUT2D eigenvalue weighted by Gasteiger charge is -2.11. The van der Waals surface area contributed by atoms with Gasteiger partial charge in [-0.05, 0) is 23.8 Å². The van der Waals surface area contributed by atoms with Gasteiger partial charge in [-0.2, -0.15) is 0 Å². The number of hydrogen-bond acceptors (Lipinski definition) is 4. The predicted molar refractivity (Wildman–Crippen MR) is 63.8 cm³/mol. The summed E-state index contributed by atoms with van der Waals surface area (Å²) in [5.74, 6) is -4.28. The van der Waals surface area contributed by atoms with Gasteiger partial charge in [0, 0.05) is 5.56 Å². The predicted octanol–water partition coefficient (Wildman–Crippen LogP) is 2.31. The molecule has 0 fully saturated rings. The number of aromatic carboxylic acids is 1. The summed E-state index contributed by atoms with van der Waals surface area (Å²) in [6, 6.07) is 5.51. The van der Waals surface area contributed by atoms with Crippen LogP contribution in [0.5, 0.6) is 17.2 Å². The summed E-state index contributed by atoms with van der Waals surface area (Å²) in [4.78, 5) is 11.1. The van der Waals surface area contributed by atoms with Gasteiger partial charge in [0.05, 0.1) is 5.56 Å². The minimum absolute atomic E-state index is 0.192. The van der Waals surface area contributed by atoms with Crippen LogP contribution in [0.25, 0.3) is 11.1 Å². The number of carboxylic acid groups (broad SMARTS) is 1. The quantitative estimate of drug-likeness (QED) is 0.624. The molecule has 0 atom stereocenters. The van der Waals surface area contributed by atoms with Crippen LogP contribution in [0.15, 0.2) is 30.3 Å². The Morgan fingerprint density at radius 1 is 1.00 bits per heavy atom. The minimum atomic E-state index is -1.40. The number of carboxylic acids is 1. The highest BCUT2D eigenvalue weighted by Crippen LogP contribution is 2.44. The summed E-state index contributed by atoms with van der Waals surface area (Å²) < 4.78 is 12.8. The molecular formula is C13H9FO5. The molecule has 5 nitrogen and oxygen atoms in total. The lowest BCUT2D eigenvalue weighted by molar-refractivity contribution is 0.0697. The van der Waals surface area contributed by atoms with Gasteiger partial charge in [0.2, 0.25) is 5.75 Å². The standard InChI is InChI=1S/C13H9FO5/c14-7-3-1-6(2-4-7)10-8(13(18)19)5-9(15)11(16)12(10)17/h1-5,15-17H,(H,18,19). The monoisotopic (exact) mass is 264 g/mol. The summed E-state index contributed by atoms with van der Waals surface area (Å²) in [5.41, 5.74) is -0.395. The number of aromatic hydroxyl groups is 3. The van der Waals surface area contributed by atoms with Crippen molar-refractivity contribution in [1.82, 2.24) is 0 Å². The third kappa shape index (κ3) is 2.15. The molecule has 0 unspecified atom stereocenters. The lowest BCUT2D eigenvalue weighted by atomic mass is 9.97. The fourth-order valence-corrected chi connectivity index (χ4v) is 1.72. The normalized spacial score (nSPS) is 10.4. The van der Waals surface area contributed by atoms with Crippen LogP contribution in [0.2, 0.25) is 0 Å². The van der Waals surface area contributed by atoms with E-state index in [1.165, 1.54) is 12.1 Å². The largest absolute Gasteiger partial charge is 0.504 e. The summed E-state index contributed by atoms with van der Waals surface area (Å²) in [7, 11) is 0. The van der Waals surface area contributed by atoms with E-state index in [-0.39, 0.29) is 11.1 Å². The van der Waals surface area contributed by atoms with Gasteiger partial charge in [0.1, 0.15) is 5.82 Å². The van der Waals surface area contributed by atoms with E-state index in [0.29, 0.717) is 0 Å². The van der Waals surface area contributed by atoms with Crippen molar-refractivity contribution in [3.05, 3.63) is 41.7 Å². The van der Waals surface area contributed by atoms with Gasteiger partial charge < -0.3 is 20.4 Å². The molecule has 0 aromatic heterocycles. The zero-order valence-corrected chi connectivity index (χ0v) is 9.46. The van der Waals surface area contributed by atoms with Crippen molar-refractivity contribution in [2.24, 2.45) is 0 Å². The Morgan fingerprint density at radius 3 is 2.11 bits per heavy atom. The van der Waals surface area contributed by atoms with Gasteiger partial charge >= 0.3 is 5.97 Å². The van der Waals surface area contributed by atoms with Crippen molar-refractivity contribution in [2.75, 3.05) is 0 Å². The molecule has 0 aliphatic carbocycles. The number of phenols is 3. The molecule has 19 heavy (non-hydrogen) atoms. The van der Waals surface area contributed by atoms with Gasteiger partial charge in [-0.15, -0.1) is 0 Å². The Labute approximate surface area is 106 Å². The second-order valence-electron chi connectivity index (χ2n) is 3.83. The Morgan fingerprint density at radius 2 is 1.58 bits per heavy atom. The number of hydrogen-bond donors (Lipinski definition) is 4. The van der Waals surface area contributed by atoms with Crippen LogP contribution < -0.4 is 0 Å². The molecule has 0 bridgehead atoms. The molecule has 98 valence electrons. The Kier molecular flexibility index (Phi) is 3.00. The summed E-state index contributed by atoms with van der Waals surface area (Å²) in [5, 5.41) is 37.6. The molecule has 2 rings (SSSR count). The highest BCUT2D eigenvalue weighted by atomic mass is 19.1. The van der Waals surface area contributed by atoms with Gasteiger partial charge in [0.25, 0.3) is 0 Å². The maximum atomic E-state index is 12.8. The highest BCUT2D eigenvalue weighted by Gasteiger charge is 2.22. The van der Waals surface area contributed by atoms with E-state index < -0.39 is 34.6 Å². The molecule has 4 N–H and O–H groups in total. The van der Waals surface area contributed by atoms with Crippen LogP contribution in [-0.4, -0.2) is 26.4 Å². The number of halogens is 1. The number of benzene rings is 2. The van der Waals surface area contributed by atoms with Crippen LogP contribution in [-0.2, 0) is 0 Å². The van der Waals surface area contributed by atoms with Gasteiger partial charge in [-0.3, -0.25) is 0 Å². The Hall–Kier alpha value is -2.76. The first-order chi connectivity index (χ1) is 8.91. The molecule has 0 saturated carbocycles. The van der Waals surface area contributed by atoms with Gasteiger partial charge in [0.15, 0.2) is 11.5 Å². The molecule has 0 heterocycles. The Bertz CT molecular complexity index is 649. The first-order valence-corrected chi connectivity index (χ1v) is 5.19. The van der Waals surface area contributed by atoms with Crippen molar-refractivity contribution < 1.29 is 29.6 Å². The molecular weight excluding hydrogens is 255 g/mol. The molecule has 0 aliphatic heterocycles. The smallest absolute Gasteiger partial charge is 0.336 e.